The number of halogens is 3. The fourth-order valence-corrected chi connectivity index (χ4v) is 0.926. The first kappa shape index (κ1) is 16.6. The fraction of sp³-hybridized carbons (Fsp3) is 0.778. The molecular formula is C9H16F3N3O3. The zero-order chi connectivity index (χ0) is 14.0. The molecule has 0 saturated carbocycles. The van der Waals surface area contributed by atoms with Crippen LogP contribution in [0.1, 0.15) is 6.42 Å². The van der Waals surface area contributed by atoms with E-state index in [1.807, 2.05) is 0 Å². The highest BCUT2D eigenvalue weighted by Crippen LogP contribution is 2.13. The Morgan fingerprint density at radius 3 is 2.33 bits per heavy atom. The molecule has 0 rings (SSSR count). The molecule has 18 heavy (non-hydrogen) atoms. The second-order valence-corrected chi connectivity index (χ2v) is 3.25. The van der Waals surface area contributed by atoms with E-state index >= 15 is 0 Å². The van der Waals surface area contributed by atoms with Crippen molar-refractivity contribution in [3.05, 3.63) is 0 Å². The van der Waals surface area contributed by atoms with Crippen LogP contribution in [0.15, 0.2) is 0 Å². The van der Waals surface area contributed by atoms with E-state index in [1.54, 1.807) is 5.32 Å². The van der Waals surface area contributed by atoms with Gasteiger partial charge in [-0.2, -0.15) is 13.2 Å². The molecule has 2 amide bonds. The maximum absolute atomic E-state index is 11.8. The zero-order valence-electron chi connectivity index (χ0n) is 9.68. The highest BCUT2D eigenvalue weighted by molar-refractivity contribution is 5.82. The maximum Gasteiger partial charge on any atom is 0.471 e. The first-order chi connectivity index (χ1) is 8.38. The average Bonchev–Trinajstić information content (AvgIpc) is 2.27. The molecule has 0 aliphatic carbocycles. The summed E-state index contributed by atoms with van der Waals surface area (Å²) in [7, 11) is 0. The van der Waals surface area contributed by atoms with Gasteiger partial charge < -0.3 is 21.1 Å². The molecule has 0 aliphatic heterocycles. The Morgan fingerprint density at radius 2 is 1.78 bits per heavy atom. The highest BCUT2D eigenvalue weighted by atomic mass is 19.4. The molecule has 0 fully saturated rings. The number of nitrogens with two attached hydrogens (primary N) is 1. The third-order valence-electron chi connectivity index (χ3n) is 1.73. The van der Waals surface area contributed by atoms with E-state index in [2.05, 4.69) is 5.32 Å². The van der Waals surface area contributed by atoms with Crippen molar-refractivity contribution in [2.75, 3.05) is 32.8 Å². The molecule has 0 saturated heterocycles. The number of ether oxygens (including phenoxy) is 1. The first-order valence-corrected chi connectivity index (χ1v) is 5.27. The predicted molar refractivity (Wildman–Crippen MR) is 56.6 cm³/mol. The molecule has 0 atom stereocenters. The minimum absolute atomic E-state index is 0.224. The number of alkyl halides is 3. The number of hydrogen-bond donors (Lipinski definition) is 3. The Hall–Kier alpha value is -1.35. The number of carbonyl (C=O) groups excluding carboxylic acids is 2. The highest BCUT2D eigenvalue weighted by Gasteiger charge is 2.38. The van der Waals surface area contributed by atoms with Crippen molar-refractivity contribution in [1.29, 1.82) is 0 Å². The summed E-state index contributed by atoms with van der Waals surface area (Å²) >= 11 is 0. The molecule has 9 heteroatoms. The van der Waals surface area contributed by atoms with Crippen molar-refractivity contribution >= 4 is 11.8 Å². The van der Waals surface area contributed by atoms with E-state index in [0.717, 1.165) is 0 Å². The minimum atomic E-state index is -4.92. The van der Waals surface area contributed by atoms with Gasteiger partial charge >= 0.3 is 12.1 Å². The molecule has 4 N–H and O–H groups in total. The van der Waals surface area contributed by atoms with Gasteiger partial charge in [0.1, 0.15) is 0 Å². The van der Waals surface area contributed by atoms with Crippen LogP contribution in [0.25, 0.3) is 0 Å². The van der Waals surface area contributed by atoms with Crippen LogP contribution >= 0.6 is 0 Å². The lowest BCUT2D eigenvalue weighted by Crippen LogP contribution is -2.39. The smallest absolute Gasteiger partial charge is 0.378 e. The number of rotatable bonds is 8. The Kier molecular flexibility index (Phi) is 8.05. The summed E-state index contributed by atoms with van der Waals surface area (Å²) in [6, 6.07) is 0. The van der Waals surface area contributed by atoms with E-state index in [9.17, 15) is 22.8 Å². The predicted octanol–water partition coefficient (Wildman–Crippen LogP) is -0.853. The van der Waals surface area contributed by atoms with E-state index in [1.165, 1.54) is 0 Å². The van der Waals surface area contributed by atoms with Gasteiger partial charge in [0.15, 0.2) is 0 Å². The fourth-order valence-electron chi connectivity index (χ4n) is 0.926. The molecule has 0 unspecified atom stereocenters. The van der Waals surface area contributed by atoms with Crippen LogP contribution in [0.5, 0.6) is 0 Å². The van der Waals surface area contributed by atoms with Gasteiger partial charge in [-0.25, -0.2) is 0 Å². The monoisotopic (exact) mass is 271 g/mol. The zero-order valence-corrected chi connectivity index (χ0v) is 9.68. The van der Waals surface area contributed by atoms with E-state index in [0.29, 0.717) is 13.2 Å². The summed E-state index contributed by atoms with van der Waals surface area (Å²) in [5, 5.41) is 4.01. The third-order valence-corrected chi connectivity index (χ3v) is 1.73. The van der Waals surface area contributed by atoms with E-state index in [4.69, 9.17) is 10.5 Å². The number of amides is 2. The van der Waals surface area contributed by atoms with Crippen LogP contribution in [0.2, 0.25) is 0 Å². The van der Waals surface area contributed by atoms with E-state index < -0.39 is 18.0 Å². The topological polar surface area (TPSA) is 93.4 Å². The Bertz CT molecular complexity index is 272. The summed E-state index contributed by atoms with van der Waals surface area (Å²) in [6.45, 7) is 0.896. The van der Waals surface area contributed by atoms with Crippen LogP contribution in [0.3, 0.4) is 0 Å². The van der Waals surface area contributed by atoms with Crippen molar-refractivity contribution in [2.45, 2.75) is 12.6 Å². The third kappa shape index (κ3) is 8.76. The number of hydrogen-bond acceptors (Lipinski definition) is 4. The summed E-state index contributed by atoms with van der Waals surface area (Å²) in [5.41, 5.74) is 5.16. The van der Waals surface area contributed by atoms with Crippen LogP contribution in [-0.2, 0) is 14.3 Å². The number of nitrogens with one attached hydrogen (secondary N) is 2. The van der Waals surface area contributed by atoms with Gasteiger partial charge in [-0.05, 0) is 0 Å². The molecular weight excluding hydrogens is 255 g/mol. The van der Waals surface area contributed by atoms with Gasteiger partial charge in [-0.15, -0.1) is 0 Å². The second-order valence-electron chi connectivity index (χ2n) is 3.25. The van der Waals surface area contributed by atoms with Gasteiger partial charge in [0.25, 0.3) is 0 Å². The van der Waals surface area contributed by atoms with Crippen LogP contribution in [0, 0.1) is 0 Å². The van der Waals surface area contributed by atoms with Crippen LogP contribution < -0.4 is 16.4 Å². The molecule has 0 aromatic heterocycles. The normalized spacial score (nSPS) is 11.1. The van der Waals surface area contributed by atoms with Crippen molar-refractivity contribution in [3.8, 4) is 0 Å². The van der Waals surface area contributed by atoms with Gasteiger partial charge in [0.05, 0.1) is 13.2 Å². The Morgan fingerprint density at radius 1 is 1.11 bits per heavy atom. The van der Waals surface area contributed by atoms with Crippen LogP contribution in [0.4, 0.5) is 13.2 Å². The SMILES string of the molecule is NCCOCCNC(=O)CCNC(=O)C(F)(F)F. The molecule has 0 aromatic carbocycles. The van der Waals surface area contributed by atoms with Crippen molar-refractivity contribution in [2.24, 2.45) is 5.73 Å². The molecule has 0 bridgehead atoms. The quantitative estimate of drug-likeness (QED) is 0.501. The lowest BCUT2D eigenvalue weighted by Gasteiger charge is -2.08. The average molecular weight is 271 g/mol. The van der Waals surface area contributed by atoms with Crippen molar-refractivity contribution < 1.29 is 27.5 Å². The molecule has 0 aliphatic rings. The lowest BCUT2D eigenvalue weighted by atomic mass is 10.4. The summed E-state index contributed by atoms with van der Waals surface area (Å²) in [5.74, 6) is -2.52. The first-order valence-electron chi connectivity index (χ1n) is 5.27. The molecule has 106 valence electrons. The van der Waals surface area contributed by atoms with Gasteiger partial charge in [0, 0.05) is 26.1 Å². The summed E-state index contributed by atoms with van der Waals surface area (Å²) in [6.07, 6.45) is -5.15. The van der Waals surface area contributed by atoms with Crippen molar-refractivity contribution in [3.63, 3.8) is 0 Å². The molecule has 0 radical (unpaired) electrons. The summed E-state index contributed by atoms with van der Waals surface area (Å²) in [4.78, 5) is 21.5. The minimum Gasteiger partial charge on any atom is -0.378 e. The van der Waals surface area contributed by atoms with Crippen molar-refractivity contribution in [1.82, 2.24) is 10.6 Å². The van der Waals surface area contributed by atoms with Gasteiger partial charge in [0.2, 0.25) is 5.91 Å². The van der Waals surface area contributed by atoms with Crippen LogP contribution in [-0.4, -0.2) is 50.8 Å². The molecule has 6 nitrogen and oxygen atoms in total. The molecule has 0 spiro atoms. The van der Waals surface area contributed by atoms with E-state index in [-0.39, 0.29) is 26.1 Å². The largest absolute Gasteiger partial charge is 0.471 e. The Labute approximate surface area is 102 Å². The second kappa shape index (κ2) is 8.70. The summed E-state index contributed by atoms with van der Waals surface area (Å²) < 4.78 is 40.2. The standard InChI is InChI=1S/C9H16F3N3O3/c10-9(11,12)8(17)15-3-1-7(16)14-4-6-18-5-2-13/h1-6,13H2,(H,14,16)(H,15,17). The lowest BCUT2D eigenvalue weighted by molar-refractivity contribution is -0.173. The Balaban J connectivity index is 3.51. The van der Waals surface area contributed by atoms with Gasteiger partial charge in [-0.3, -0.25) is 9.59 Å². The maximum atomic E-state index is 11.8. The molecule has 0 heterocycles. The number of carbonyl (C=O) groups is 2. The van der Waals surface area contributed by atoms with Gasteiger partial charge in [-0.1, -0.05) is 0 Å². The molecule has 0 aromatic rings.